The lowest BCUT2D eigenvalue weighted by Crippen LogP contribution is -1.98. The molecule has 0 amide bonds. The summed E-state index contributed by atoms with van der Waals surface area (Å²) in [5.74, 6) is -1.57. The molecular weight excluding hydrogens is 336 g/mol. The number of benzene rings is 1. The van der Waals surface area contributed by atoms with Crippen molar-refractivity contribution in [2.75, 3.05) is 7.11 Å². The van der Waals surface area contributed by atoms with Gasteiger partial charge < -0.3 is 9.84 Å². The van der Waals surface area contributed by atoms with E-state index in [1.165, 1.54) is 22.7 Å². The molecule has 1 unspecified atom stereocenters. The van der Waals surface area contributed by atoms with Gasteiger partial charge in [-0.3, -0.25) is 0 Å². The normalized spacial score (nSPS) is 12.7. The van der Waals surface area contributed by atoms with Crippen molar-refractivity contribution in [3.63, 3.8) is 0 Å². The highest BCUT2D eigenvalue weighted by molar-refractivity contribution is 7.98. The van der Waals surface area contributed by atoms with Crippen molar-refractivity contribution in [1.29, 1.82) is 0 Å². The van der Waals surface area contributed by atoms with Crippen LogP contribution in [0.5, 0.6) is 5.88 Å². The van der Waals surface area contributed by atoms with Gasteiger partial charge >= 0.3 is 0 Å². The van der Waals surface area contributed by atoms with E-state index in [2.05, 4.69) is 10.1 Å². The van der Waals surface area contributed by atoms with Crippen LogP contribution < -0.4 is 0 Å². The van der Waals surface area contributed by atoms with Gasteiger partial charge in [0.2, 0.25) is 5.88 Å². The Hall–Kier alpha value is -2.19. The zero-order valence-corrected chi connectivity index (χ0v) is 13.8. The van der Waals surface area contributed by atoms with Gasteiger partial charge in [0.05, 0.1) is 17.5 Å². The molecule has 0 saturated heterocycles. The van der Waals surface area contributed by atoms with Crippen molar-refractivity contribution in [2.24, 2.45) is 0 Å². The molecular formula is C16H15F2N3O2S. The standard InChI is InChI=1S/C16H15F2N3O2S/c1-9(23-2)12-7-14-19-10(6-15(22)21(14)20-12)8-24-13-5-3-4-11(17)16(13)18/h3-7,9,22H,8H2,1-2H3. The summed E-state index contributed by atoms with van der Waals surface area (Å²) in [6.45, 7) is 1.84. The number of thioether (sulfide) groups is 1. The Bertz CT molecular complexity index is 885. The number of fused-ring (bicyclic) bond motifs is 1. The molecule has 0 aliphatic carbocycles. The number of aromatic nitrogens is 3. The van der Waals surface area contributed by atoms with Crippen molar-refractivity contribution in [2.45, 2.75) is 23.7 Å². The fourth-order valence-corrected chi connectivity index (χ4v) is 3.02. The predicted octanol–water partition coefficient (Wildman–Crippen LogP) is 3.71. The summed E-state index contributed by atoms with van der Waals surface area (Å²) < 4.78 is 33.4. The average molecular weight is 351 g/mol. The van der Waals surface area contributed by atoms with Gasteiger partial charge in [0.1, 0.15) is 0 Å². The van der Waals surface area contributed by atoms with Gasteiger partial charge in [0, 0.05) is 29.9 Å². The Morgan fingerprint density at radius 1 is 1.33 bits per heavy atom. The minimum absolute atomic E-state index is 0.0788. The predicted molar refractivity (Wildman–Crippen MR) is 86.0 cm³/mol. The van der Waals surface area contributed by atoms with Crippen molar-refractivity contribution in [1.82, 2.24) is 14.6 Å². The van der Waals surface area contributed by atoms with E-state index in [0.29, 0.717) is 17.0 Å². The smallest absolute Gasteiger partial charge is 0.215 e. The minimum Gasteiger partial charge on any atom is -0.493 e. The van der Waals surface area contributed by atoms with Gasteiger partial charge in [-0.25, -0.2) is 13.8 Å². The van der Waals surface area contributed by atoms with E-state index in [-0.39, 0.29) is 22.6 Å². The highest BCUT2D eigenvalue weighted by Gasteiger charge is 2.14. The van der Waals surface area contributed by atoms with E-state index >= 15 is 0 Å². The number of halogens is 2. The number of hydrogen-bond acceptors (Lipinski definition) is 5. The fraction of sp³-hybridized carbons (Fsp3) is 0.250. The summed E-state index contributed by atoms with van der Waals surface area (Å²) in [7, 11) is 1.57. The van der Waals surface area contributed by atoms with E-state index in [1.54, 1.807) is 13.2 Å². The van der Waals surface area contributed by atoms with Gasteiger partial charge in [-0.2, -0.15) is 9.61 Å². The molecule has 24 heavy (non-hydrogen) atoms. The third-order valence-corrected chi connectivity index (χ3v) is 4.61. The maximum atomic E-state index is 13.7. The number of methoxy groups -OCH3 is 1. The van der Waals surface area contributed by atoms with Crippen LogP contribution in [-0.4, -0.2) is 26.8 Å². The number of rotatable bonds is 5. The first-order valence-electron chi connectivity index (χ1n) is 7.17. The van der Waals surface area contributed by atoms with Crippen molar-refractivity contribution >= 4 is 17.4 Å². The first-order chi connectivity index (χ1) is 11.5. The molecule has 1 N–H and O–H groups in total. The minimum atomic E-state index is -0.889. The number of nitrogens with zero attached hydrogens (tertiary/aromatic N) is 3. The Balaban J connectivity index is 1.86. The molecule has 0 fully saturated rings. The molecule has 8 heteroatoms. The van der Waals surface area contributed by atoms with Crippen LogP contribution in [0.2, 0.25) is 0 Å². The van der Waals surface area contributed by atoms with Crippen LogP contribution in [0.4, 0.5) is 8.78 Å². The monoisotopic (exact) mass is 351 g/mol. The fourth-order valence-electron chi connectivity index (χ4n) is 2.17. The molecule has 2 aromatic heterocycles. The topological polar surface area (TPSA) is 59.7 Å². The van der Waals surface area contributed by atoms with Gasteiger partial charge in [-0.05, 0) is 19.1 Å². The summed E-state index contributed by atoms with van der Waals surface area (Å²) in [5.41, 5.74) is 1.63. The number of ether oxygens (including phenoxy) is 1. The quantitative estimate of drug-likeness (QED) is 0.710. The van der Waals surface area contributed by atoms with Gasteiger partial charge in [-0.15, -0.1) is 11.8 Å². The third-order valence-electron chi connectivity index (χ3n) is 3.54. The molecule has 0 bridgehead atoms. The maximum absolute atomic E-state index is 13.7. The lowest BCUT2D eigenvalue weighted by Gasteiger charge is -2.05. The summed E-state index contributed by atoms with van der Waals surface area (Å²) in [4.78, 5) is 4.58. The van der Waals surface area contributed by atoms with Gasteiger partial charge in [-0.1, -0.05) is 6.07 Å². The average Bonchev–Trinajstić information content (AvgIpc) is 3.00. The molecule has 5 nitrogen and oxygen atoms in total. The van der Waals surface area contributed by atoms with Crippen molar-refractivity contribution < 1.29 is 18.6 Å². The molecule has 2 heterocycles. The second kappa shape index (κ2) is 6.74. The van der Waals surface area contributed by atoms with Crippen LogP contribution in [0.3, 0.4) is 0 Å². The molecule has 1 atom stereocenters. The summed E-state index contributed by atoms with van der Waals surface area (Å²) in [6.07, 6.45) is -0.231. The molecule has 0 aliphatic rings. The van der Waals surface area contributed by atoms with Crippen molar-refractivity contribution in [3.05, 3.63) is 53.4 Å². The molecule has 1 aromatic carbocycles. The molecule has 0 radical (unpaired) electrons. The largest absolute Gasteiger partial charge is 0.493 e. The van der Waals surface area contributed by atoms with Gasteiger partial charge in [0.15, 0.2) is 17.3 Å². The van der Waals surface area contributed by atoms with Crippen LogP contribution in [-0.2, 0) is 10.5 Å². The summed E-state index contributed by atoms with van der Waals surface area (Å²) in [5, 5.41) is 14.3. The molecule has 126 valence electrons. The zero-order valence-electron chi connectivity index (χ0n) is 13.0. The summed E-state index contributed by atoms with van der Waals surface area (Å²) >= 11 is 1.11. The van der Waals surface area contributed by atoms with Crippen LogP contribution in [0.1, 0.15) is 24.4 Å². The third kappa shape index (κ3) is 3.20. The Morgan fingerprint density at radius 2 is 2.12 bits per heavy atom. The highest BCUT2D eigenvalue weighted by Crippen LogP contribution is 2.28. The van der Waals surface area contributed by atoms with E-state index in [4.69, 9.17) is 4.74 Å². The SMILES string of the molecule is COC(C)c1cc2nc(CSc3cccc(F)c3F)cc(O)n2n1. The van der Waals surface area contributed by atoms with Crippen molar-refractivity contribution in [3.8, 4) is 5.88 Å². The lowest BCUT2D eigenvalue weighted by molar-refractivity contribution is 0.115. The van der Waals surface area contributed by atoms with E-state index < -0.39 is 11.6 Å². The first-order valence-corrected chi connectivity index (χ1v) is 8.16. The Labute approximate surface area is 141 Å². The number of hydrogen-bond donors (Lipinski definition) is 1. The number of aromatic hydroxyl groups is 1. The second-order valence-electron chi connectivity index (χ2n) is 5.16. The van der Waals surface area contributed by atoms with Crippen LogP contribution in [0, 0.1) is 11.6 Å². The molecule has 0 aliphatic heterocycles. The lowest BCUT2D eigenvalue weighted by atomic mass is 10.3. The van der Waals surface area contributed by atoms with Crippen LogP contribution >= 0.6 is 11.8 Å². The van der Waals surface area contributed by atoms with E-state index in [1.807, 2.05) is 6.92 Å². The van der Waals surface area contributed by atoms with Gasteiger partial charge in [0.25, 0.3) is 0 Å². The zero-order chi connectivity index (χ0) is 17.3. The summed E-state index contributed by atoms with van der Waals surface area (Å²) in [6, 6.07) is 7.18. The van der Waals surface area contributed by atoms with Crippen LogP contribution in [0.15, 0.2) is 35.2 Å². The molecule has 3 aromatic rings. The maximum Gasteiger partial charge on any atom is 0.215 e. The Kier molecular flexibility index (Phi) is 4.68. The molecule has 3 rings (SSSR count). The highest BCUT2D eigenvalue weighted by atomic mass is 32.2. The Morgan fingerprint density at radius 3 is 2.88 bits per heavy atom. The van der Waals surface area contributed by atoms with E-state index in [9.17, 15) is 13.9 Å². The molecule has 0 spiro atoms. The van der Waals surface area contributed by atoms with Crippen LogP contribution in [0.25, 0.3) is 5.65 Å². The second-order valence-corrected chi connectivity index (χ2v) is 6.18. The molecule has 0 saturated carbocycles. The van der Waals surface area contributed by atoms with E-state index in [0.717, 1.165) is 17.8 Å². The first kappa shape index (κ1) is 16.7.